The number of carbonyl (C=O) groups is 2. The summed E-state index contributed by atoms with van der Waals surface area (Å²) in [6.07, 6.45) is 0. The number of carbonyl (C=O) groups excluding carboxylic acids is 2. The van der Waals surface area contributed by atoms with Crippen LogP contribution in [0.3, 0.4) is 0 Å². The summed E-state index contributed by atoms with van der Waals surface area (Å²) >= 11 is 1.32. The zero-order valence-corrected chi connectivity index (χ0v) is 11.3. The Kier molecular flexibility index (Phi) is 6.77. The second kappa shape index (κ2) is 7.56. The summed E-state index contributed by atoms with van der Waals surface area (Å²) in [7, 11) is 2.74. The van der Waals surface area contributed by atoms with Crippen molar-refractivity contribution in [2.24, 2.45) is 11.5 Å². The molecule has 1 fully saturated rings. The summed E-state index contributed by atoms with van der Waals surface area (Å²) in [4.78, 5) is 22.4. The molecule has 10 heteroatoms. The van der Waals surface area contributed by atoms with Gasteiger partial charge in [-0.05, 0) is 0 Å². The molecular formula is C6H10N2O4S4. The van der Waals surface area contributed by atoms with Crippen LogP contribution in [0, 0.1) is 0 Å². The molecule has 1 heterocycles. The molecule has 0 saturated carbocycles. The fourth-order valence-corrected chi connectivity index (χ4v) is 3.82. The van der Waals surface area contributed by atoms with E-state index in [1.165, 1.54) is 21.6 Å². The summed E-state index contributed by atoms with van der Waals surface area (Å²) in [6.45, 7) is 0. The Balaban J connectivity index is 2.45. The largest absolute Gasteiger partial charge is 0.375 e. The van der Waals surface area contributed by atoms with Gasteiger partial charge in [0.15, 0.2) is 22.1 Å². The zero-order valence-electron chi connectivity index (χ0n) is 7.99. The molecule has 0 radical (unpaired) electrons. The van der Waals surface area contributed by atoms with Gasteiger partial charge in [-0.25, -0.2) is 9.59 Å². The minimum atomic E-state index is -0.683. The maximum absolute atomic E-state index is 11.2. The molecule has 0 aromatic carbocycles. The molecule has 0 aliphatic carbocycles. The second-order valence-electron chi connectivity index (χ2n) is 2.72. The molecule has 0 aromatic heterocycles. The number of hydrogen-bond acceptors (Lipinski definition) is 10. The van der Waals surface area contributed by atoms with Crippen LogP contribution in [0.15, 0.2) is 0 Å². The van der Waals surface area contributed by atoms with Crippen molar-refractivity contribution in [2.75, 3.05) is 11.5 Å². The van der Waals surface area contributed by atoms with Gasteiger partial charge in [0.1, 0.15) is 12.1 Å². The van der Waals surface area contributed by atoms with Crippen molar-refractivity contribution in [1.82, 2.24) is 0 Å². The molecule has 0 bridgehead atoms. The van der Waals surface area contributed by atoms with Crippen molar-refractivity contribution in [1.29, 1.82) is 0 Å². The summed E-state index contributed by atoms with van der Waals surface area (Å²) < 4.78 is 9.37. The van der Waals surface area contributed by atoms with Crippen LogP contribution in [0.5, 0.6) is 0 Å². The zero-order chi connectivity index (χ0) is 12.0. The van der Waals surface area contributed by atoms with Crippen molar-refractivity contribution >= 4 is 55.7 Å². The fraction of sp³-hybridized carbons (Fsp3) is 0.667. The maximum atomic E-state index is 11.2. The smallest absolute Gasteiger partial charge is 0.336 e. The molecule has 1 aliphatic rings. The highest BCUT2D eigenvalue weighted by molar-refractivity contribution is 8.76. The van der Waals surface area contributed by atoms with Gasteiger partial charge in [-0.15, -0.1) is 0 Å². The van der Waals surface area contributed by atoms with Crippen LogP contribution in [-0.2, 0) is 18.0 Å². The lowest BCUT2D eigenvalue weighted by Crippen LogP contribution is -2.35. The van der Waals surface area contributed by atoms with Gasteiger partial charge in [-0.3, -0.25) is 0 Å². The molecule has 6 nitrogen and oxygen atoms in total. The fourth-order valence-electron chi connectivity index (χ4n) is 0.597. The van der Waals surface area contributed by atoms with E-state index < -0.39 is 24.0 Å². The Morgan fingerprint density at radius 2 is 1.31 bits per heavy atom. The predicted octanol–water partition coefficient (Wildman–Crippen LogP) is 0.334. The van der Waals surface area contributed by atoms with Gasteiger partial charge in [0.25, 0.3) is 0 Å². The molecular weight excluding hydrogens is 292 g/mol. The van der Waals surface area contributed by atoms with E-state index in [0.29, 0.717) is 33.7 Å². The maximum Gasteiger partial charge on any atom is 0.336 e. The van der Waals surface area contributed by atoms with Crippen LogP contribution >= 0.6 is 43.7 Å². The number of hydrogen-bond donors (Lipinski definition) is 2. The quantitative estimate of drug-likeness (QED) is 0.480. The molecule has 1 aliphatic heterocycles. The van der Waals surface area contributed by atoms with Crippen molar-refractivity contribution in [2.45, 2.75) is 12.1 Å². The third kappa shape index (κ3) is 5.06. The molecule has 92 valence electrons. The second-order valence-corrected chi connectivity index (χ2v) is 6.70. The summed E-state index contributed by atoms with van der Waals surface area (Å²) in [6, 6.07) is -1.37. The van der Waals surface area contributed by atoms with Crippen molar-refractivity contribution in [3.63, 3.8) is 0 Å². The first kappa shape index (κ1) is 14.3. The van der Waals surface area contributed by atoms with Crippen molar-refractivity contribution < 1.29 is 18.0 Å². The van der Waals surface area contributed by atoms with Gasteiger partial charge in [-0.2, -0.15) is 0 Å². The van der Waals surface area contributed by atoms with Gasteiger partial charge in [0.05, 0.1) is 0 Å². The van der Waals surface area contributed by atoms with Gasteiger partial charge in [0, 0.05) is 11.5 Å². The summed E-state index contributed by atoms with van der Waals surface area (Å²) in [5.41, 5.74) is 11.1. The summed E-state index contributed by atoms with van der Waals surface area (Å²) in [5.74, 6) is -0.245. The first-order valence-electron chi connectivity index (χ1n) is 4.12. The van der Waals surface area contributed by atoms with Gasteiger partial charge in [-0.1, -0.05) is 21.6 Å². The molecule has 0 amide bonds. The van der Waals surface area contributed by atoms with Crippen LogP contribution in [0.1, 0.15) is 0 Å². The molecule has 4 N–H and O–H groups in total. The van der Waals surface area contributed by atoms with Gasteiger partial charge in [0.2, 0.25) is 0 Å². The Morgan fingerprint density at radius 1 is 0.938 bits per heavy atom. The van der Waals surface area contributed by atoms with Crippen LogP contribution < -0.4 is 11.5 Å². The van der Waals surface area contributed by atoms with E-state index in [1.54, 1.807) is 0 Å². The lowest BCUT2D eigenvalue weighted by atomic mass is 10.4. The molecule has 16 heavy (non-hydrogen) atoms. The lowest BCUT2D eigenvalue weighted by Gasteiger charge is -2.13. The van der Waals surface area contributed by atoms with Gasteiger partial charge >= 0.3 is 11.9 Å². The lowest BCUT2D eigenvalue weighted by molar-refractivity contribution is -0.135. The Bertz CT molecular complexity index is 241. The van der Waals surface area contributed by atoms with E-state index in [4.69, 9.17) is 11.5 Å². The third-order valence-electron chi connectivity index (χ3n) is 1.44. The molecule has 2 unspecified atom stereocenters. The topological polar surface area (TPSA) is 105 Å². The first-order valence-corrected chi connectivity index (χ1v) is 8.61. The molecule has 0 aromatic rings. The molecule has 1 saturated heterocycles. The van der Waals surface area contributed by atoms with Crippen LogP contribution in [-0.4, -0.2) is 35.5 Å². The Hall–Kier alpha value is 0.260. The van der Waals surface area contributed by atoms with E-state index in [1.807, 2.05) is 0 Å². The highest BCUT2D eigenvalue weighted by Crippen LogP contribution is 2.28. The molecule has 0 spiro atoms. The van der Waals surface area contributed by atoms with Crippen molar-refractivity contribution in [3.8, 4) is 0 Å². The van der Waals surface area contributed by atoms with Crippen LogP contribution in [0.4, 0.5) is 0 Å². The SMILES string of the molecule is NC1CSSCC(N)C(=O)OSSOC1=O. The van der Waals surface area contributed by atoms with E-state index in [-0.39, 0.29) is 0 Å². The molecule has 2 atom stereocenters. The Morgan fingerprint density at radius 3 is 1.69 bits per heavy atom. The van der Waals surface area contributed by atoms with E-state index in [0.717, 1.165) is 0 Å². The van der Waals surface area contributed by atoms with E-state index in [2.05, 4.69) is 8.37 Å². The van der Waals surface area contributed by atoms with Crippen LogP contribution in [0.25, 0.3) is 0 Å². The van der Waals surface area contributed by atoms with Crippen LogP contribution in [0.2, 0.25) is 0 Å². The highest BCUT2D eigenvalue weighted by Gasteiger charge is 2.21. The summed E-state index contributed by atoms with van der Waals surface area (Å²) in [5, 5.41) is 0. The predicted molar refractivity (Wildman–Crippen MR) is 68.2 cm³/mol. The number of nitrogens with two attached hydrogens (primary N) is 2. The first-order chi connectivity index (χ1) is 7.61. The highest BCUT2D eigenvalue weighted by atomic mass is 33.1. The number of rotatable bonds is 0. The molecule has 1 rings (SSSR count). The van der Waals surface area contributed by atoms with Gasteiger partial charge < -0.3 is 19.8 Å². The minimum absolute atomic E-state index is 0.413. The van der Waals surface area contributed by atoms with Crippen molar-refractivity contribution in [3.05, 3.63) is 0 Å². The average molecular weight is 302 g/mol. The average Bonchev–Trinajstić information content (AvgIpc) is 2.27. The Labute approximate surface area is 108 Å². The normalized spacial score (nSPS) is 29.6. The van der Waals surface area contributed by atoms with E-state index in [9.17, 15) is 9.59 Å². The standard InChI is InChI=1S/C6H10N2O4S4/c7-3-1-13-14-2-4(8)6(10)12-16-15-11-5(3)9/h3-4H,1-2,7-8H2. The third-order valence-corrected chi connectivity index (χ3v) is 5.01. The van der Waals surface area contributed by atoms with E-state index >= 15 is 0 Å². The monoisotopic (exact) mass is 302 g/mol. The minimum Gasteiger partial charge on any atom is -0.375 e.